The summed E-state index contributed by atoms with van der Waals surface area (Å²) in [6.07, 6.45) is 1.90. The lowest BCUT2D eigenvalue weighted by Gasteiger charge is -2.15. The highest BCUT2D eigenvalue weighted by molar-refractivity contribution is 6.35. The van der Waals surface area contributed by atoms with Crippen molar-refractivity contribution >= 4 is 28.4 Å². The molecule has 3 nitrogen and oxygen atoms in total. The highest BCUT2D eigenvalue weighted by Crippen LogP contribution is 2.24. The fraction of sp³-hybridized carbons (Fsp3) is 0.308. The Hall–Kier alpha value is -1.48. The number of halogens is 1. The maximum atomic E-state index is 11.8. The van der Waals surface area contributed by atoms with Crippen LogP contribution in [0.2, 0.25) is 5.02 Å². The van der Waals surface area contributed by atoms with E-state index < -0.39 is 0 Å². The van der Waals surface area contributed by atoms with Crippen molar-refractivity contribution in [2.75, 3.05) is 13.6 Å². The van der Waals surface area contributed by atoms with Crippen LogP contribution in [-0.4, -0.2) is 29.0 Å². The molecule has 0 radical (unpaired) electrons. The summed E-state index contributed by atoms with van der Waals surface area (Å²) in [4.78, 5) is 13.5. The number of fused-ring (bicyclic) bond motifs is 1. The van der Waals surface area contributed by atoms with Crippen LogP contribution in [0, 0.1) is 0 Å². The van der Waals surface area contributed by atoms with Crippen molar-refractivity contribution in [3.63, 3.8) is 0 Å². The number of carbonyl (C=O) groups is 1. The zero-order chi connectivity index (χ0) is 12.4. The van der Waals surface area contributed by atoms with Gasteiger partial charge in [-0.3, -0.25) is 4.79 Å². The lowest BCUT2D eigenvalue weighted by atomic mass is 10.2. The lowest BCUT2D eigenvalue weighted by Crippen LogP contribution is -2.29. The lowest BCUT2D eigenvalue weighted by molar-refractivity contribution is -0.130. The van der Waals surface area contributed by atoms with Crippen molar-refractivity contribution in [3.8, 4) is 0 Å². The van der Waals surface area contributed by atoms with Crippen LogP contribution in [0.4, 0.5) is 0 Å². The van der Waals surface area contributed by atoms with Crippen LogP contribution in [0.3, 0.4) is 0 Å². The van der Waals surface area contributed by atoms with Gasteiger partial charge in [-0.15, -0.1) is 0 Å². The highest BCUT2D eigenvalue weighted by atomic mass is 35.5. The highest BCUT2D eigenvalue weighted by Gasteiger charge is 2.10. The van der Waals surface area contributed by atoms with E-state index in [1.165, 1.54) is 0 Å². The Morgan fingerprint density at radius 3 is 2.88 bits per heavy atom. The molecule has 1 heterocycles. The molecule has 0 saturated heterocycles. The quantitative estimate of drug-likeness (QED) is 0.822. The summed E-state index contributed by atoms with van der Waals surface area (Å²) in [6, 6.07) is 7.67. The molecule has 2 rings (SSSR count). The molecule has 0 spiro atoms. The largest absolute Gasteiger partial charge is 0.344 e. The van der Waals surface area contributed by atoms with Crippen LogP contribution < -0.4 is 0 Å². The topological polar surface area (TPSA) is 25.2 Å². The zero-order valence-corrected chi connectivity index (χ0v) is 10.7. The van der Waals surface area contributed by atoms with E-state index in [9.17, 15) is 4.79 Å². The number of nitrogens with zero attached hydrogens (tertiary/aromatic N) is 2. The number of hydrogen-bond donors (Lipinski definition) is 0. The van der Waals surface area contributed by atoms with Gasteiger partial charge in [0.05, 0.1) is 0 Å². The van der Waals surface area contributed by atoms with Gasteiger partial charge in [0.25, 0.3) is 0 Å². The molecule has 0 unspecified atom stereocenters. The summed E-state index contributed by atoms with van der Waals surface area (Å²) in [5, 5.41) is 1.71. The predicted octanol–water partition coefficient (Wildman–Crippen LogP) is 2.77. The zero-order valence-electron chi connectivity index (χ0n) is 9.98. The first-order chi connectivity index (χ1) is 8.13. The molecule has 17 heavy (non-hydrogen) atoms. The molecule has 0 fully saturated rings. The number of benzene rings is 1. The average Bonchev–Trinajstić information content (AvgIpc) is 2.73. The molecule has 0 bridgehead atoms. The van der Waals surface area contributed by atoms with Crippen molar-refractivity contribution in [3.05, 3.63) is 35.5 Å². The van der Waals surface area contributed by atoms with E-state index in [4.69, 9.17) is 11.6 Å². The first kappa shape index (κ1) is 12.0. The number of amides is 1. The summed E-state index contributed by atoms with van der Waals surface area (Å²) >= 11 is 6.09. The predicted molar refractivity (Wildman–Crippen MR) is 70.3 cm³/mol. The minimum Gasteiger partial charge on any atom is -0.344 e. The second-order valence-electron chi connectivity index (χ2n) is 4.02. The SMILES string of the molecule is CCN(C)C(=O)Cn1ccc2c(Cl)cccc21. The van der Waals surface area contributed by atoms with Crippen molar-refractivity contribution in [1.82, 2.24) is 9.47 Å². The molecule has 1 amide bonds. The molecule has 1 aromatic heterocycles. The summed E-state index contributed by atoms with van der Waals surface area (Å²) in [5.74, 6) is 0.102. The first-order valence-corrected chi connectivity index (χ1v) is 5.98. The van der Waals surface area contributed by atoms with E-state index in [-0.39, 0.29) is 5.91 Å². The van der Waals surface area contributed by atoms with Crippen molar-refractivity contribution < 1.29 is 4.79 Å². The molecular weight excluding hydrogens is 236 g/mol. The third-order valence-corrected chi connectivity index (χ3v) is 3.30. The minimum atomic E-state index is 0.102. The van der Waals surface area contributed by atoms with Crippen molar-refractivity contribution in [1.29, 1.82) is 0 Å². The Morgan fingerprint density at radius 1 is 1.41 bits per heavy atom. The first-order valence-electron chi connectivity index (χ1n) is 5.60. The van der Waals surface area contributed by atoms with Crippen LogP contribution in [0.5, 0.6) is 0 Å². The maximum Gasteiger partial charge on any atom is 0.242 e. The summed E-state index contributed by atoms with van der Waals surface area (Å²) < 4.78 is 1.93. The summed E-state index contributed by atoms with van der Waals surface area (Å²) in [7, 11) is 1.81. The second-order valence-corrected chi connectivity index (χ2v) is 4.43. The number of hydrogen-bond acceptors (Lipinski definition) is 1. The van der Waals surface area contributed by atoms with Crippen LogP contribution in [-0.2, 0) is 11.3 Å². The van der Waals surface area contributed by atoms with Gasteiger partial charge in [-0.1, -0.05) is 17.7 Å². The second kappa shape index (κ2) is 4.80. The Morgan fingerprint density at radius 2 is 2.18 bits per heavy atom. The van der Waals surface area contributed by atoms with Gasteiger partial charge in [-0.05, 0) is 25.1 Å². The number of likely N-dealkylation sites (N-methyl/N-ethyl adjacent to an activating group) is 1. The number of rotatable bonds is 3. The molecule has 0 aliphatic rings. The third-order valence-electron chi connectivity index (χ3n) is 2.97. The summed E-state index contributed by atoms with van der Waals surface area (Å²) in [6.45, 7) is 3.04. The van der Waals surface area contributed by atoms with E-state index in [2.05, 4.69) is 0 Å². The van der Waals surface area contributed by atoms with Gasteiger partial charge in [-0.25, -0.2) is 0 Å². The van der Waals surface area contributed by atoms with Crippen molar-refractivity contribution in [2.24, 2.45) is 0 Å². The Kier molecular flexibility index (Phi) is 3.38. The Balaban J connectivity index is 2.31. The van der Waals surface area contributed by atoms with Crippen LogP contribution in [0.25, 0.3) is 10.9 Å². The van der Waals surface area contributed by atoms with E-state index in [0.717, 1.165) is 22.5 Å². The molecule has 0 N–H and O–H groups in total. The molecular formula is C13H15ClN2O. The monoisotopic (exact) mass is 250 g/mol. The van der Waals surface area contributed by atoms with Crippen LogP contribution >= 0.6 is 11.6 Å². The minimum absolute atomic E-state index is 0.102. The van der Waals surface area contributed by atoms with Gasteiger partial charge in [0.15, 0.2) is 0 Å². The Bertz CT molecular complexity index is 547. The maximum absolute atomic E-state index is 11.8. The molecule has 90 valence electrons. The number of carbonyl (C=O) groups excluding carboxylic acids is 1. The molecule has 1 aromatic carbocycles. The van der Waals surface area contributed by atoms with Crippen molar-refractivity contribution in [2.45, 2.75) is 13.5 Å². The fourth-order valence-corrected chi connectivity index (χ4v) is 2.00. The average molecular weight is 251 g/mol. The van der Waals surface area contributed by atoms with Crippen LogP contribution in [0.1, 0.15) is 6.92 Å². The molecule has 0 aliphatic heterocycles. The molecule has 0 saturated carbocycles. The van der Waals surface area contributed by atoms with Crippen LogP contribution in [0.15, 0.2) is 30.5 Å². The molecule has 2 aromatic rings. The molecule has 0 atom stereocenters. The van der Waals surface area contributed by atoms with Gasteiger partial charge >= 0.3 is 0 Å². The van der Waals surface area contributed by atoms with Gasteiger partial charge < -0.3 is 9.47 Å². The smallest absolute Gasteiger partial charge is 0.242 e. The molecule has 4 heteroatoms. The van der Waals surface area contributed by atoms with Gasteiger partial charge in [0.2, 0.25) is 5.91 Å². The third kappa shape index (κ3) is 2.29. The Labute approximate surface area is 106 Å². The van der Waals surface area contributed by atoms with E-state index in [1.807, 2.05) is 42.0 Å². The summed E-state index contributed by atoms with van der Waals surface area (Å²) in [5.41, 5.74) is 0.996. The normalized spacial score (nSPS) is 10.8. The van der Waals surface area contributed by atoms with Gasteiger partial charge in [-0.2, -0.15) is 0 Å². The van der Waals surface area contributed by atoms with E-state index >= 15 is 0 Å². The standard InChI is InChI=1S/C13H15ClN2O/c1-3-15(2)13(17)9-16-8-7-10-11(14)5-4-6-12(10)16/h4-8H,3,9H2,1-2H3. The fourth-order valence-electron chi connectivity index (χ4n) is 1.77. The number of aromatic nitrogens is 1. The van der Waals surface area contributed by atoms with E-state index in [0.29, 0.717) is 6.54 Å². The van der Waals surface area contributed by atoms with Gasteiger partial charge in [0.1, 0.15) is 6.54 Å². The van der Waals surface area contributed by atoms with E-state index in [1.54, 1.807) is 11.9 Å². The molecule has 0 aliphatic carbocycles. The van der Waals surface area contributed by atoms with Gasteiger partial charge in [0, 0.05) is 35.7 Å².